The lowest BCUT2D eigenvalue weighted by Gasteiger charge is -2.07. The molecule has 0 spiro atoms. The molecule has 0 amide bonds. The zero-order valence-electron chi connectivity index (χ0n) is 7.15. The second kappa shape index (κ2) is 4.49. The van der Waals surface area contributed by atoms with Gasteiger partial charge in [-0.3, -0.25) is 4.79 Å². The van der Waals surface area contributed by atoms with Gasteiger partial charge in [0.25, 0.3) is 6.43 Å². The van der Waals surface area contributed by atoms with E-state index in [1.165, 1.54) is 19.1 Å². The molecule has 76 valence electrons. The average Bonchev–Trinajstić information content (AvgIpc) is 2.08. The van der Waals surface area contributed by atoms with Crippen LogP contribution in [-0.4, -0.2) is 5.78 Å². The van der Waals surface area contributed by atoms with Crippen LogP contribution in [0.1, 0.15) is 29.3 Å². The number of ketones is 1. The molecule has 0 atom stereocenters. The third-order valence-corrected chi connectivity index (χ3v) is 3.74. The molecule has 0 bridgehead atoms. The minimum Gasteiger partial charge on any atom is -0.295 e. The zero-order valence-corrected chi connectivity index (χ0v) is 10.3. The first-order valence-electron chi connectivity index (χ1n) is 3.71. The number of alkyl halides is 2. The number of benzene rings is 1. The van der Waals surface area contributed by atoms with Gasteiger partial charge in [-0.05, 0) is 50.9 Å². The Hall–Kier alpha value is -0.290. The van der Waals surface area contributed by atoms with Gasteiger partial charge < -0.3 is 0 Å². The topological polar surface area (TPSA) is 17.1 Å². The smallest absolute Gasteiger partial charge is 0.264 e. The average molecular weight is 328 g/mol. The fourth-order valence-corrected chi connectivity index (χ4v) is 1.85. The van der Waals surface area contributed by atoms with Gasteiger partial charge >= 0.3 is 0 Å². The molecule has 0 fully saturated rings. The Balaban J connectivity index is 3.35. The number of hydrogen-bond acceptors (Lipinski definition) is 1. The molecule has 0 aliphatic heterocycles. The first kappa shape index (κ1) is 11.8. The minimum absolute atomic E-state index is 0.176. The van der Waals surface area contributed by atoms with Gasteiger partial charge in [0.2, 0.25) is 0 Å². The molecule has 1 aromatic rings. The number of carbonyl (C=O) groups is 1. The van der Waals surface area contributed by atoms with E-state index in [0.29, 0.717) is 4.47 Å². The predicted molar refractivity (Wildman–Crippen MR) is 56.8 cm³/mol. The second-order valence-corrected chi connectivity index (χ2v) is 4.37. The maximum absolute atomic E-state index is 12.5. The van der Waals surface area contributed by atoms with E-state index in [1.54, 1.807) is 0 Å². The summed E-state index contributed by atoms with van der Waals surface area (Å²) >= 11 is 6.13. The number of hydrogen-bond donors (Lipinski definition) is 0. The third kappa shape index (κ3) is 2.39. The van der Waals surface area contributed by atoms with Crippen molar-refractivity contribution in [1.29, 1.82) is 0 Å². The van der Waals surface area contributed by atoms with Crippen molar-refractivity contribution in [3.63, 3.8) is 0 Å². The van der Waals surface area contributed by atoms with Gasteiger partial charge in [0.1, 0.15) is 0 Å². The summed E-state index contributed by atoms with van der Waals surface area (Å²) in [6, 6.07) is 2.71. The molecule has 0 N–H and O–H groups in total. The van der Waals surface area contributed by atoms with E-state index in [-0.39, 0.29) is 21.4 Å². The summed E-state index contributed by atoms with van der Waals surface area (Å²) in [7, 11) is 0. The van der Waals surface area contributed by atoms with E-state index < -0.39 is 6.43 Å². The Morgan fingerprint density at radius 2 is 1.93 bits per heavy atom. The van der Waals surface area contributed by atoms with Crippen molar-refractivity contribution in [3.05, 3.63) is 32.2 Å². The first-order chi connectivity index (χ1) is 6.43. The lowest BCUT2D eigenvalue weighted by atomic mass is 10.1. The van der Waals surface area contributed by atoms with E-state index in [0.717, 1.165) is 0 Å². The number of halogens is 4. The molecule has 0 aliphatic rings. The fraction of sp³-hybridized carbons (Fsp3) is 0.222. The Labute approximate surface area is 96.8 Å². The molecule has 0 aromatic heterocycles. The molecule has 0 saturated carbocycles. The van der Waals surface area contributed by atoms with Crippen LogP contribution in [0.3, 0.4) is 0 Å². The molecular formula is C9H6Br2F2O. The van der Waals surface area contributed by atoms with Crippen LogP contribution in [0, 0.1) is 0 Å². The van der Waals surface area contributed by atoms with E-state index in [1.807, 2.05) is 0 Å². The van der Waals surface area contributed by atoms with Crippen molar-refractivity contribution >= 4 is 37.6 Å². The molecule has 14 heavy (non-hydrogen) atoms. The summed E-state index contributed by atoms with van der Waals surface area (Å²) in [5, 5.41) is 0. The van der Waals surface area contributed by atoms with Gasteiger partial charge in [0, 0.05) is 20.1 Å². The molecule has 1 nitrogen and oxygen atoms in total. The van der Waals surface area contributed by atoms with Crippen molar-refractivity contribution in [3.8, 4) is 0 Å². The molecular weight excluding hydrogens is 322 g/mol. The third-order valence-electron chi connectivity index (χ3n) is 1.70. The molecule has 1 rings (SSSR count). The van der Waals surface area contributed by atoms with Crippen LogP contribution in [0.4, 0.5) is 8.78 Å². The summed E-state index contributed by atoms with van der Waals surface area (Å²) in [6.45, 7) is 1.34. The zero-order chi connectivity index (χ0) is 10.9. The van der Waals surface area contributed by atoms with Crippen molar-refractivity contribution in [2.45, 2.75) is 13.3 Å². The number of carbonyl (C=O) groups excluding carboxylic acids is 1. The normalized spacial score (nSPS) is 10.7. The summed E-state index contributed by atoms with van der Waals surface area (Å²) in [4.78, 5) is 11.0. The Kier molecular flexibility index (Phi) is 3.78. The van der Waals surface area contributed by atoms with Gasteiger partial charge in [0.05, 0.1) is 0 Å². The standard InChI is InChI=1S/C9H6Br2F2O/c1-4(14)5-2-6(9(12)13)8(11)7(10)3-5/h2-3,9H,1H3. The SMILES string of the molecule is CC(=O)c1cc(Br)c(Br)c(C(F)F)c1. The first-order valence-corrected chi connectivity index (χ1v) is 5.30. The Bertz CT molecular complexity index is 377. The van der Waals surface area contributed by atoms with Gasteiger partial charge in [-0.25, -0.2) is 8.78 Å². The van der Waals surface area contributed by atoms with Gasteiger partial charge in [-0.1, -0.05) is 0 Å². The molecule has 0 aliphatic carbocycles. The highest BCUT2D eigenvalue weighted by Crippen LogP contribution is 2.34. The summed E-state index contributed by atoms with van der Waals surface area (Å²) < 4.78 is 25.7. The molecule has 0 radical (unpaired) electrons. The largest absolute Gasteiger partial charge is 0.295 e. The number of rotatable bonds is 2. The monoisotopic (exact) mass is 326 g/mol. The minimum atomic E-state index is -2.60. The van der Waals surface area contributed by atoms with Crippen LogP contribution in [-0.2, 0) is 0 Å². The maximum Gasteiger partial charge on any atom is 0.264 e. The van der Waals surface area contributed by atoms with Crippen LogP contribution in [0.5, 0.6) is 0 Å². The highest BCUT2D eigenvalue weighted by molar-refractivity contribution is 9.13. The lowest BCUT2D eigenvalue weighted by Crippen LogP contribution is -1.96. The van der Waals surface area contributed by atoms with Crippen LogP contribution in [0.2, 0.25) is 0 Å². The predicted octanol–water partition coefficient (Wildman–Crippen LogP) is 4.35. The second-order valence-electron chi connectivity index (χ2n) is 2.72. The van der Waals surface area contributed by atoms with Gasteiger partial charge in [-0.2, -0.15) is 0 Å². The highest BCUT2D eigenvalue weighted by Gasteiger charge is 2.16. The Morgan fingerprint density at radius 3 is 2.36 bits per heavy atom. The quantitative estimate of drug-likeness (QED) is 0.738. The fourth-order valence-electron chi connectivity index (χ4n) is 0.972. The van der Waals surface area contributed by atoms with E-state index in [4.69, 9.17) is 0 Å². The van der Waals surface area contributed by atoms with E-state index in [2.05, 4.69) is 31.9 Å². The summed E-state index contributed by atoms with van der Waals surface area (Å²) in [5.74, 6) is -0.236. The van der Waals surface area contributed by atoms with Gasteiger partial charge in [-0.15, -0.1) is 0 Å². The summed E-state index contributed by atoms with van der Waals surface area (Å²) in [6.07, 6.45) is -2.60. The van der Waals surface area contributed by atoms with E-state index >= 15 is 0 Å². The van der Waals surface area contributed by atoms with Crippen molar-refractivity contribution in [1.82, 2.24) is 0 Å². The van der Waals surface area contributed by atoms with Crippen LogP contribution in [0.15, 0.2) is 21.1 Å². The molecule has 0 heterocycles. The van der Waals surface area contributed by atoms with Crippen molar-refractivity contribution < 1.29 is 13.6 Å². The molecule has 0 unspecified atom stereocenters. The maximum atomic E-state index is 12.5. The molecule has 5 heteroatoms. The number of Topliss-reactive ketones (excluding diaryl/α,β-unsaturated/α-hetero) is 1. The van der Waals surface area contributed by atoms with Crippen LogP contribution < -0.4 is 0 Å². The van der Waals surface area contributed by atoms with Crippen molar-refractivity contribution in [2.75, 3.05) is 0 Å². The van der Waals surface area contributed by atoms with Crippen LogP contribution in [0.25, 0.3) is 0 Å². The van der Waals surface area contributed by atoms with Crippen molar-refractivity contribution in [2.24, 2.45) is 0 Å². The van der Waals surface area contributed by atoms with Gasteiger partial charge in [0.15, 0.2) is 5.78 Å². The molecule has 1 aromatic carbocycles. The summed E-state index contributed by atoms with van der Waals surface area (Å²) in [5.41, 5.74) is 0.0972. The highest BCUT2D eigenvalue weighted by atomic mass is 79.9. The molecule has 0 saturated heterocycles. The van der Waals surface area contributed by atoms with Crippen LogP contribution >= 0.6 is 31.9 Å². The lowest BCUT2D eigenvalue weighted by molar-refractivity contribution is 0.101. The van der Waals surface area contributed by atoms with E-state index in [9.17, 15) is 13.6 Å². The Morgan fingerprint density at radius 1 is 1.36 bits per heavy atom.